The summed E-state index contributed by atoms with van der Waals surface area (Å²) in [6, 6.07) is 53.3. The van der Waals surface area contributed by atoms with Crippen LogP contribution in [0.3, 0.4) is 0 Å². The van der Waals surface area contributed by atoms with E-state index in [0.29, 0.717) is 19.6 Å². The van der Waals surface area contributed by atoms with Crippen molar-refractivity contribution in [1.29, 1.82) is 0 Å². The van der Waals surface area contributed by atoms with Crippen molar-refractivity contribution in [3.8, 4) is 0 Å². The van der Waals surface area contributed by atoms with E-state index in [1.54, 1.807) is 0 Å². The molecule has 0 spiro atoms. The molecule has 0 radical (unpaired) electrons. The molecule has 1 amide bonds. The molecule has 1 heterocycles. The summed E-state index contributed by atoms with van der Waals surface area (Å²) in [4.78, 5) is 14.8. The lowest BCUT2D eigenvalue weighted by Crippen LogP contribution is -2.63. The van der Waals surface area contributed by atoms with Crippen LogP contribution in [0.4, 0.5) is 4.79 Å². The van der Waals surface area contributed by atoms with E-state index in [4.69, 9.17) is 10.5 Å². The smallest absolute Gasteiger partial charge is 0.414 e. The zero-order valence-electron chi connectivity index (χ0n) is 28.2. The molecule has 0 bridgehead atoms. The number of benzene rings is 5. The fourth-order valence-corrected chi connectivity index (χ4v) is 9.45. The third-order valence-electron chi connectivity index (χ3n) is 9.66. The number of nitrogens with zero attached hydrogens (tertiary/aromatic N) is 1. The molecule has 5 aromatic carbocycles. The highest BCUT2D eigenvalue weighted by atomic mass is 32.2. The molecule has 4 nitrogen and oxygen atoms in total. The van der Waals surface area contributed by atoms with Crippen LogP contribution in [0.1, 0.15) is 60.9 Å². The topological polar surface area (TPSA) is 52.3 Å². The third-order valence-corrected chi connectivity index (χ3v) is 11.6. The van der Waals surface area contributed by atoms with Crippen molar-refractivity contribution >= 4 is 17.9 Å². The molecule has 1 aliphatic rings. The highest BCUT2D eigenvalue weighted by molar-refractivity contribution is 8.01. The second kappa shape index (κ2) is 14.5. The van der Waals surface area contributed by atoms with Gasteiger partial charge in [0, 0.05) is 13.0 Å². The summed E-state index contributed by atoms with van der Waals surface area (Å²) in [5.41, 5.74) is 12.2. The molecule has 3 atom stereocenters. The van der Waals surface area contributed by atoms with Gasteiger partial charge in [-0.15, -0.1) is 11.8 Å². The molecule has 1 aliphatic heterocycles. The Morgan fingerprint density at radius 1 is 0.708 bits per heavy atom. The number of carbonyl (C=O) groups excluding carboxylic acids is 1. The van der Waals surface area contributed by atoms with Crippen LogP contribution in [-0.4, -0.2) is 47.1 Å². The molecule has 0 saturated carbocycles. The van der Waals surface area contributed by atoms with Crippen LogP contribution in [0, 0.1) is 0 Å². The third kappa shape index (κ3) is 6.86. The average Bonchev–Trinajstić information content (AvgIpc) is 3.48. The van der Waals surface area contributed by atoms with Gasteiger partial charge in [0.2, 0.25) is 0 Å². The SMILES string of the molecule is CC(C)(C)OC(=O)[N@@+]1(CC(c2ccccc2)c2ccccc2)CCC(SC(c2ccccc2)(c2ccccc2)c2ccccc2)[C@@H]1CN. The minimum Gasteiger partial charge on any atom is -0.414 e. The lowest BCUT2D eigenvalue weighted by Gasteiger charge is -2.42. The van der Waals surface area contributed by atoms with Gasteiger partial charge in [0.15, 0.2) is 0 Å². The van der Waals surface area contributed by atoms with Crippen LogP contribution in [0.25, 0.3) is 0 Å². The van der Waals surface area contributed by atoms with Gasteiger partial charge in [-0.05, 0) is 48.6 Å². The van der Waals surface area contributed by atoms with Crippen LogP contribution in [-0.2, 0) is 9.48 Å². The van der Waals surface area contributed by atoms with Crippen molar-refractivity contribution in [2.45, 2.75) is 54.7 Å². The second-order valence-corrected chi connectivity index (χ2v) is 15.3. The summed E-state index contributed by atoms with van der Waals surface area (Å²) < 4.78 is 5.99. The first kappa shape index (κ1) is 33.7. The van der Waals surface area contributed by atoms with E-state index in [1.165, 1.54) is 27.8 Å². The Labute approximate surface area is 290 Å². The molecular weight excluding hydrogens is 609 g/mol. The molecule has 5 aromatic rings. The number of hydrogen-bond donors (Lipinski definition) is 1. The van der Waals surface area contributed by atoms with Gasteiger partial charge in [-0.2, -0.15) is 4.79 Å². The summed E-state index contributed by atoms with van der Waals surface area (Å²) in [6.07, 6.45) is 0.638. The lowest BCUT2D eigenvalue weighted by atomic mass is 9.84. The molecular formula is C43H47N2O2S+. The summed E-state index contributed by atoms with van der Waals surface area (Å²) in [7, 11) is 0. The van der Waals surface area contributed by atoms with Crippen molar-refractivity contribution in [1.82, 2.24) is 0 Å². The molecule has 1 fully saturated rings. The second-order valence-electron chi connectivity index (χ2n) is 13.8. The van der Waals surface area contributed by atoms with Crippen molar-refractivity contribution in [2.24, 2.45) is 5.73 Å². The summed E-state index contributed by atoms with van der Waals surface area (Å²) in [5.74, 6) is -0.0140. The summed E-state index contributed by atoms with van der Waals surface area (Å²) in [6.45, 7) is 7.45. The van der Waals surface area contributed by atoms with Gasteiger partial charge in [0.25, 0.3) is 0 Å². The largest absolute Gasteiger partial charge is 0.516 e. The van der Waals surface area contributed by atoms with Gasteiger partial charge >= 0.3 is 6.09 Å². The summed E-state index contributed by atoms with van der Waals surface area (Å²) in [5, 5.41) is 0.0651. The first-order valence-corrected chi connectivity index (χ1v) is 17.9. The minimum atomic E-state index is -0.635. The number of thioether (sulfide) groups is 1. The number of quaternary nitrogens is 1. The quantitative estimate of drug-likeness (QED) is 0.120. The summed E-state index contributed by atoms with van der Waals surface area (Å²) >= 11 is 1.94. The monoisotopic (exact) mass is 655 g/mol. The molecule has 48 heavy (non-hydrogen) atoms. The van der Waals surface area contributed by atoms with Gasteiger partial charge in [-0.25, -0.2) is 4.48 Å². The molecule has 0 aromatic heterocycles. The van der Waals surface area contributed by atoms with Crippen LogP contribution >= 0.6 is 11.8 Å². The van der Waals surface area contributed by atoms with Crippen molar-refractivity contribution in [2.75, 3.05) is 19.6 Å². The molecule has 1 saturated heterocycles. The molecule has 0 aliphatic carbocycles. The van der Waals surface area contributed by atoms with E-state index in [1.807, 2.05) is 44.7 Å². The van der Waals surface area contributed by atoms with Crippen molar-refractivity contribution in [3.63, 3.8) is 0 Å². The Morgan fingerprint density at radius 2 is 1.10 bits per heavy atom. The van der Waals surface area contributed by atoms with Crippen LogP contribution in [0.2, 0.25) is 0 Å². The number of likely N-dealkylation sites (tertiary alicyclic amines) is 1. The van der Waals surface area contributed by atoms with E-state index in [-0.39, 0.29) is 27.8 Å². The van der Waals surface area contributed by atoms with E-state index in [0.717, 1.165) is 6.42 Å². The number of amides is 1. The maximum absolute atomic E-state index is 14.8. The highest BCUT2D eigenvalue weighted by Crippen LogP contribution is 2.54. The van der Waals surface area contributed by atoms with Crippen LogP contribution in [0.15, 0.2) is 152 Å². The average molecular weight is 656 g/mol. The van der Waals surface area contributed by atoms with E-state index in [9.17, 15) is 4.79 Å². The maximum Gasteiger partial charge on any atom is 0.516 e. The standard InChI is InChI=1S/C43H47N2O2S/c1-42(2,3)47-41(46)45(32-38(33-19-9-4-10-20-33)34-21-11-5-12-22-34)30-29-40(39(45)31-44)48-43(35-23-13-6-14-24-35,36-25-15-7-16-26-36)37-27-17-8-18-28-37/h4-28,38-40H,29-32,44H2,1-3H3/q+1/t39-,40?,45+/m0/s1. The minimum absolute atomic E-state index is 0.0140. The van der Waals surface area contributed by atoms with Gasteiger partial charge in [0.1, 0.15) is 11.6 Å². The fourth-order valence-electron chi connectivity index (χ4n) is 7.46. The number of ether oxygens (including phenoxy) is 1. The van der Waals surface area contributed by atoms with E-state index in [2.05, 4.69) is 140 Å². The highest BCUT2D eigenvalue weighted by Gasteiger charge is 2.58. The number of carbonyl (C=O) groups is 1. The number of rotatable bonds is 10. The van der Waals surface area contributed by atoms with Crippen molar-refractivity contribution < 1.29 is 14.0 Å². The van der Waals surface area contributed by atoms with Gasteiger partial charge in [-0.1, -0.05) is 152 Å². The Morgan fingerprint density at radius 3 is 1.48 bits per heavy atom. The van der Waals surface area contributed by atoms with E-state index >= 15 is 0 Å². The Balaban J connectivity index is 1.49. The zero-order valence-corrected chi connectivity index (χ0v) is 29.1. The first-order chi connectivity index (χ1) is 23.3. The normalized spacial score (nSPS) is 19.7. The van der Waals surface area contributed by atoms with Crippen molar-refractivity contribution in [3.05, 3.63) is 179 Å². The molecule has 2 N–H and O–H groups in total. The maximum atomic E-state index is 14.8. The molecule has 1 unspecified atom stereocenters. The van der Waals surface area contributed by atoms with Gasteiger partial charge < -0.3 is 10.5 Å². The molecule has 6 rings (SSSR count). The Hall–Kier alpha value is -4.16. The number of nitrogens with two attached hydrogens (primary N) is 1. The van der Waals surface area contributed by atoms with Crippen LogP contribution < -0.4 is 5.73 Å². The van der Waals surface area contributed by atoms with Gasteiger partial charge in [-0.3, -0.25) is 0 Å². The zero-order chi connectivity index (χ0) is 33.6. The Bertz CT molecular complexity index is 1610. The molecule has 246 valence electrons. The van der Waals surface area contributed by atoms with Gasteiger partial charge in [0.05, 0.1) is 29.0 Å². The predicted molar refractivity (Wildman–Crippen MR) is 199 cm³/mol. The predicted octanol–water partition coefficient (Wildman–Crippen LogP) is 9.40. The van der Waals surface area contributed by atoms with E-state index < -0.39 is 10.3 Å². The molecule has 5 heteroatoms. The van der Waals surface area contributed by atoms with Crippen LogP contribution in [0.5, 0.6) is 0 Å². The fraction of sp³-hybridized carbons (Fsp3) is 0.279. The Kier molecular flexibility index (Phi) is 10.2. The first-order valence-electron chi connectivity index (χ1n) is 17.0. The number of hydrogen-bond acceptors (Lipinski definition) is 4. The lowest BCUT2D eigenvalue weighted by molar-refractivity contribution is -0.869.